The van der Waals surface area contributed by atoms with E-state index < -0.39 is 12.8 Å². The van der Waals surface area contributed by atoms with E-state index in [4.69, 9.17) is 25.8 Å². The van der Waals surface area contributed by atoms with Crippen molar-refractivity contribution in [2.45, 2.75) is 38.7 Å². The summed E-state index contributed by atoms with van der Waals surface area (Å²) in [6.07, 6.45) is 1.31. The van der Waals surface area contributed by atoms with Gasteiger partial charge in [0.2, 0.25) is 5.95 Å². The summed E-state index contributed by atoms with van der Waals surface area (Å²) in [6, 6.07) is 4.99. The lowest BCUT2D eigenvalue weighted by atomic mass is 10.1. The van der Waals surface area contributed by atoms with Crippen LogP contribution in [-0.2, 0) is 11.3 Å². The molecule has 4 rings (SSSR count). The van der Waals surface area contributed by atoms with Gasteiger partial charge in [-0.15, -0.1) is 10.2 Å². The van der Waals surface area contributed by atoms with E-state index in [9.17, 15) is 13.2 Å². The molecule has 0 fully saturated rings. The molecule has 0 aliphatic rings. The lowest BCUT2D eigenvalue weighted by Gasteiger charge is -2.16. The third kappa shape index (κ3) is 7.77. The highest BCUT2D eigenvalue weighted by Gasteiger charge is 2.30. The normalized spacial score (nSPS) is 13.2. The van der Waals surface area contributed by atoms with Crippen molar-refractivity contribution in [3.05, 3.63) is 48.1 Å². The second-order valence-electron chi connectivity index (χ2n) is 8.56. The summed E-state index contributed by atoms with van der Waals surface area (Å²) in [7, 11) is 1.52. The van der Waals surface area contributed by atoms with Gasteiger partial charge < -0.3 is 19.5 Å². The second kappa shape index (κ2) is 12.3. The average Bonchev–Trinajstić information content (AvgIpc) is 3.54. The number of tetrazole rings is 1. The van der Waals surface area contributed by atoms with Crippen molar-refractivity contribution in [2.75, 3.05) is 25.6 Å². The van der Waals surface area contributed by atoms with Gasteiger partial charge in [0.1, 0.15) is 23.9 Å². The fraction of sp³-hybridized carbons (Fsp3) is 0.391. The van der Waals surface area contributed by atoms with E-state index in [0.717, 1.165) is 5.56 Å². The molecule has 16 heteroatoms. The number of benzene rings is 1. The molecule has 208 valence electrons. The van der Waals surface area contributed by atoms with Gasteiger partial charge in [-0.2, -0.15) is 13.2 Å². The zero-order chi connectivity index (χ0) is 28.0. The first kappa shape index (κ1) is 28.0. The Morgan fingerprint density at radius 1 is 1.13 bits per heavy atom. The number of alkyl halides is 3. The lowest BCUT2D eigenvalue weighted by molar-refractivity contribution is -0.154. The molecule has 4 aromatic rings. The van der Waals surface area contributed by atoms with E-state index in [2.05, 4.69) is 35.9 Å². The maximum absolute atomic E-state index is 12.7. The Bertz CT molecular complexity index is 1350. The molecule has 3 heterocycles. The van der Waals surface area contributed by atoms with Crippen LogP contribution < -0.4 is 14.8 Å². The first-order valence-electron chi connectivity index (χ1n) is 11.7. The quantitative estimate of drug-likeness (QED) is 0.264. The number of halogens is 4. The van der Waals surface area contributed by atoms with Crippen LogP contribution in [0, 0.1) is 0 Å². The van der Waals surface area contributed by atoms with E-state index in [1.165, 1.54) is 24.3 Å². The Morgan fingerprint density at radius 3 is 2.56 bits per heavy atom. The molecule has 0 bridgehead atoms. The third-order valence-corrected chi connectivity index (χ3v) is 5.57. The van der Waals surface area contributed by atoms with Gasteiger partial charge in [-0.3, -0.25) is 4.68 Å². The maximum Gasteiger partial charge on any atom is 0.422 e. The highest BCUT2D eigenvalue weighted by atomic mass is 35.5. The van der Waals surface area contributed by atoms with Gasteiger partial charge in [0.05, 0.1) is 30.4 Å². The summed E-state index contributed by atoms with van der Waals surface area (Å²) in [5.74, 6) is 0.356. The number of hydrogen-bond donors (Lipinski definition) is 1. The topological polar surface area (TPSA) is 127 Å². The minimum atomic E-state index is -4.52. The zero-order valence-corrected chi connectivity index (χ0v) is 21.9. The van der Waals surface area contributed by atoms with E-state index in [-0.39, 0.29) is 29.7 Å². The molecule has 0 spiro atoms. The summed E-state index contributed by atoms with van der Waals surface area (Å²) in [5.41, 5.74) is 1.58. The molecule has 39 heavy (non-hydrogen) atoms. The molecule has 1 unspecified atom stereocenters. The average molecular weight is 568 g/mol. The molecule has 0 radical (unpaired) electrons. The van der Waals surface area contributed by atoms with Crippen molar-refractivity contribution >= 4 is 23.2 Å². The smallest absolute Gasteiger partial charge is 0.422 e. The first-order chi connectivity index (χ1) is 18.6. The molecule has 3 aromatic heterocycles. The van der Waals surface area contributed by atoms with Gasteiger partial charge in [0, 0.05) is 25.1 Å². The third-order valence-electron chi connectivity index (χ3n) is 5.26. The Balaban J connectivity index is 1.49. The van der Waals surface area contributed by atoms with Crippen LogP contribution >= 0.6 is 11.6 Å². The minimum Gasteiger partial charge on any atom is -0.487 e. The van der Waals surface area contributed by atoms with Gasteiger partial charge in [-0.05, 0) is 42.0 Å². The Labute approximate surface area is 226 Å². The van der Waals surface area contributed by atoms with Gasteiger partial charge in [-0.1, -0.05) is 17.7 Å². The first-order valence-corrected chi connectivity index (χ1v) is 12.0. The molecule has 0 amide bonds. The van der Waals surface area contributed by atoms with Crippen LogP contribution in [-0.4, -0.2) is 72.6 Å². The number of methoxy groups -OCH3 is 1. The van der Waals surface area contributed by atoms with E-state index in [1.807, 2.05) is 6.92 Å². The summed E-state index contributed by atoms with van der Waals surface area (Å²) >= 11 is 6.33. The molecule has 0 aliphatic heterocycles. The van der Waals surface area contributed by atoms with E-state index in [1.54, 1.807) is 42.2 Å². The number of nitrogens with zero attached hydrogens (tertiary/aromatic N) is 8. The minimum absolute atomic E-state index is 0.134. The van der Waals surface area contributed by atoms with Crippen LogP contribution in [0.1, 0.15) is 19.9 Å². The Kier molecular flexibility index (Phi) is 8.81. The van der Waals surface area contributed by atoms with E-state index >= 15 is 0 Å². The number of ether oxygens (including phenoxy) is 3. The second-order valence-corrected chi connectivity index (χ2v) is 8.97. The van der Waals surface area contributed by atoms with Crippen LogP contribution in [0.3, 0.4) is 0 Å². The van der Waals surface area contributed by atoms with Crippen molar-refractivity contribution in [3.8, 4) is 22.8 Å². The number of aromatic nitrogens is 8. The summed E-state index contributed by atoms with van der Waals surface area (Å²) in [5, 5.41) is 18.4. The van der Waals surface area contributed by atoms with Crippen LogP contribution in [0.5, 0.6) is 11.6 Å². The summed E-state index contributed by atoms with van der Waals surface area (Å²) < 4.78 is 57.2. The van der Waals surface area contributed by atoms with Crippen molar-refractivity contribution in [2.24, 2.45) is 0 Å². The van der Waals surface area contributed by atoms with Crippen molar-refractivity contribution < 1.29 is 27.4 Å². The van der Waals surface area contributed by atoms with Crippen LogP contribution in [0.15, 0.2) is 43.1 Å². The number of rotatable bonds is 12. The number of anilines is 2. The molecule has 2 atom stereocenters. The van der Waals surface area contributed by atoms with Gasteiger partial charge in [0.25, 0.3) is 5.88 Å². The molecule has 0 saturated heterocycles. The molecule has 12 nitrogen and oxygen atoms in total. The highest BCUT2D eigenvalue weighted by Crippen LogP contribution is 2.32. The summed E-state index contributed by atoms with van der Waals surface area (Å²) in [6.45, 7) is 2.89. The molecular weight excluding hydrogens is 543 g/mol. The van der Waals surface area contributed by atoms with Gasteiger partial charge >= 0.3 is 6.18 Å². The molecule has 1 N–H and O–H groups in total. The van der Waals surface area contributed by atoms with Gasteiger partial charge in [-0.25, -0.2) is 14.6 Å². The van der Waals surface area contributed by atoms with Crippen molar-refractivity contribution in [3.63, 3.8) is 0 Å². The lowest BCUT2D eigenvalue weighted by Crippen LogP contribution is -2.20. The van der Waals surface area contributed by atoms with Crippen LogP contribution in [0.25, 0.3) is 11.1 Å². The molecule has 0 saturated carbocycles. The maximum atomic E-state index is 12.7. The number of nitrogens with one attached hydrogen (secondary N) is 1. The standard InChI is InChI=1S/C23H25ClF3N9O3/c1-14(11-37-3)36-10-19(21(32-36)38-12-23(25,26)27)31-22-28-7-17(8-29-22)16-4-5-18(24)20(6-16)39-15(2)9-35-13-30-33-34-35/h4-8,10,13-15H,9,11-12H2,1-3H3,(H,28,29,31)/t14?,15-/m0/s1. The Morgan fingerprint density at radius 2 is 1.90 bits per heavy atom. The highest BCUT2D eigenvalue weighted by molar-refractivity contribution is 6.32. The largest absolute Gasteiger partial charge is 0.487 e. The van der Waals surface area contributed by atoms with Crippen molar-refractivity contribution in [1.82, 2.24) is 40.0 Å². The fourth-order valence-corrected chi connectivity index (χ4v) is 3.64. The predicted octanol–water partition coefficient (Wildman–Crippen LogP) is 4.34. The van der Waals surface area contributed by atoms with Crippen LogP contribution in [0.2, 0.25) is 5.02 Å². The SMILES string of the molecule is COCC(C)n1cc(Nc2ncc(-c3ccc(Cl)c(O[C@@H](C)Cn4cnnn4)c3)cn2)c(OCC(F)(F)F)n1. The molecule has 1 aromatic carbocycles. The van der Waals surface area contributed by atoms with Crippen LogP contribution in [0.4, 0.5) is 24.8 Å². The molecular formula is C23H25ClF3N9O3. The number of hydrogen-bond acceptors (Lipinski definition) is 10. The monoisotopic (exact) mass is 567 g/mol. The zero-order valence-electron chi connectivity index (χ0n) is 21.1. The van der Waals surface area contributed by atoms with Crippen molar-refractivity contribution in [1.29, 1.82) is 0 Å². The Hall–Kier alpha value is -3.98. The van der Waals surface area contributed by atoms with Gasteiger partial charge in [0.15, 0.2) is 6.61 Å². The van der Waals surface area contributed by atoms with E-state index in [0.29, 0.717) is 29.5 Å². The summed E-state index contributed by atoms with van der Waals surface area (Å²) in [4.78, 5) is 8.59. The predicted molar refractivity (Wildman–Crippen MR) is 134 cm³/mol. The molecule has 0 aliphatic carbocycles. The fourth-order valence-electron chi connectivity index (χ4n) is 3.48.